The van der Waals surface area contributed by atoms with Crippen molar-refractivity contribution in [3.8, 4) is 0 Å². The number of rotatable bonds is 7. The molecule has 1 unspecified atom stereocenters. The van der Waals surface area contributed by atoms with E-state index in [-0.39, 0.29) is 18.6 Å². The van der Waals surface area contributed by atoms with Gasteiger partial charge in [0.05, 0.1) is 13.2 Å². The van der Waals surface area contributed by atoms with Crippen molar-refractivity contribution in [2.75, 3.05) is 32.8 Å². The topological polar surface area (TPSA) is 43.8 Å². The van der Waals surface area contributed by atoms with E-state index in [0.717, 1.165) is 38.9 Å². The lowest BCUT2D eigenvalue weighted by Gasteiger charge is -2.32. The summed E-state index contributed by atoms with van der Waals surface area (Å²) >= 11 is 0. The Bertz CT molecular complexity index is 295. The van der Waals surface area contributed by atoms with Gasteiger partial charge in [0.15, 0.2) is 0 Å². The lowest BCUT2D eigenvalue weighted by Crippen LogP contribution is -2.47. The monoisotopic (exact) mass is 298 g/mol. The molecule has 1 aliphatic rings. The van der Waals surface area contributed by atoms with Crippen LogP contribution in [0.5, 0.6) is 0 Å². The molecular formula is C17H34N2O2. The zero-order valence-electron chi connectivity index (χ0n) is 14.3. The summed E-state index contributed by atoms with van der Waals surface area (Å²) in [6.45, 7) is 11.8. The van der Waals surface area contributed by atoms with E-state index in [0.29, 0.717) is 18.4 Å². The van der Waals surface area contributed by atoms with E-state index in [1.54, 1.807) is 0 Å². The predicted octanol–water partition coefficient (Wildman–Crippen LogP) is 2.36. The average molecular weight is 298 g/mol. The van der Waals surface area contributed by atoms with E-state index in [4.69, 9.17) is 0 Å². The molecule has 124 valence electrons. The van der Waals surface area contributed by atoms with Crippen LogP contribution in [0.3, 0.4) is 0 Å². The number of hydrogen-bond acceptors (Lipinski definition) is 3. The maximum absolute atomic E-state index is 12.7. The fraction of sp³-hybridized carbons (Fsp3) is 0.941. The standard InChI is InChI=1S/C17H34N2O2/c1-14(2)10-19(11-15(3)4)17(21)12-18-9-7-5-6-8-16(18)13-20/h14-16,20H,5-13H2,1-4H3. The van der Waals surface area contributed by atoms with Gasteiger partial charge in [-0.15, -0.1) is 0 Å². The molecule has 1 atom stereocenters. The van der Waals surface area contributed by atoms with Crippen LogP contribution >= 0.6 is 0 Å². The van der Waals surface area contributed by atoms with E-state index in [1.165, 1.54) is 6.42 Å². The van der Waals surface area contributed by atoms with Gasteiger partial charge < -0.3 is 10.0 Å². The minimum atomic E-state index is 0.163. The summed E-state index contributed by atoms with van der Waals surface area (Å²) in [5.74, 6) is 1.20. The third-order valence-corrected chi connectivity index (χ3v) is 4.07. The van der Waals surface area contributed by atoms with E-state index >= 15 is 0 Å². The minimum absolute atomic E-state index is 0.163. The van der Waals surface area contributed by atoms with E-state index in [9.17, 15) is 9.90 Å². The molecule has 4 heteroatoms. The summed E-state index contributed by atoms with van der Waals surface area (Å²) in [4.78, 5) is 16.9. The highest BCUT2D eigenvalue weighted by molar-refractivity contribution is 5.78. The highest BCUT2D eigenvalue weighted by atomic mass is 16.3. The first-order valence-corrected chi connectivity index (χ1v) is 8.56. The Morgan fingerprint density at radius 2 is 1.76 bits per heavy atom. The molecule has 21 heavy (non-hydrogen) atoms. The molecule has 1 heterocycles. The highest BCUT2D eigenvalue weighted by Gasteiger charge is 2.25. The van der Waals surface area contributed by atoms with Crippen molar-refractivity contribution in [1.82, 2.24) is 9.80 Å². The third-order valence-electron chi connectivity index (χ3n) is 4.07. The molecule has 0 aromatic carbocycles. The number of aliphatic hydroxyl groups is 1. The minimum Gasteiger partial charge on any atom is -0.395 e. The largest absolute Gasteiger partial charge is 0.395 e. The predicted molar refractivity (Wildman–Crippen MR) is 87.2 cm³/mol. The van der Waals surface area contributed by atoms with E-state index in [1.807, 2.05) is 4.90 Å². The van der Waals surface area contributed by atoms with Crippen molar-refractivity contribution in [2.24, 2.45) is 11.8 Å². The number of carbonyl (C=O) groups is 1. The van der Waals surface area contributed by atoms with Crippen molar-refractivity contribution in [2.45, 2.75) is 59.4 Å². The number of amides is 1. The molecule has 0 radical (unpaired) electrons. The molecule has 1 aliphatic heterocycles. The quantitative estimate of drug-likeness (QED) is 0.785. The number of carbonyl (C=O) groups excluding carboxylic acids is 1. The second-order valence-corrected chi connectivity index (χ2v) is 7.24. The lowest BCUT2D eigenvalue weighted by molar-refractivity contribution is -0.134. The Labute approximate surface area is 130 Å². The maximum Gasteiger partial charge on any atom is 0.236 e. The summed E-state index contributed by atoms with van der Waals surface area (Å²) in [5, 5.41) is 9.56. The molecule has 4 nitrogen and oxygen atoms in total. The molecule has 1 amide bonds. The third kappa shape index (κ3) is 6.79. The molecule has 1 fully saturated rings. The average Bonchev–Trinajstić information content (AvgIpc) is 2.61. The van der Waals surface area contributed by atoms with Crippen LogP contribution in [0.15, 0.2) is 0 Å². The Kier molecular flexibility index (Phi) is 8.27. The van der Waals surface area contributed by atoms with Gasteiger partial charge in [-0.2, -0.15) is 0 Å². The molecule has 0 aromatic rings. The summed E-state index contributed by atoms with van der Waals surface area (Å²) in [7, 11) is 0. The Hall–Kier alpha value is -0.610. The number of likely N-dealkylation sites (tertiary alicyclic amines) is 1. The van der Waals surface area contributed by atoms with Crippen LogP contribution in [-0.4, -0.2) is 59.6 Å². The van der Waals surface area contributed by atoms with Crippen LogP contribution in [0.25, 0.3) is 0 Å². The molecule has 0 spiro atoms. The normalized spacial score (nSPS) is 20.8. The van der Waals surface area contributed by atoms with Crippen molar-refractivity contribution >= 4 is 5.91 Å². The summed E-state index contributed by atoms with van der Waals surface area (Å²) in [6, 6.07) is 0.163. The van der Waals surface area contributed by atoms with Gasteiger partial charge in [-0.3, -0.25) is 9.69 Å². The first-order chi connectivity index (χ1) is 9.93. The maximum atomic E-state index is 12.7. The van der Waals surface area contributed by atoms with Gasteiger partial charge in [-0.25, -0.2) is 0 Å². The van der Waals surface area contributed by atoms with E-state index < -0.39 is 0 Å². The molecule has 0 saturated carbocycles. The van der Waals surface area contributed by atoms with Crippen molar-refractivity contribution < 1.29 is 9.90 Å². The Morgan fingerprint density at radius 3 is 2.29 bits per heavy atom. The number of aliphatic hydroxyl groups excluding tert-OH is 1. The summed E-state index contributed by atoms with van der Waals surface area (Å²) in [5.41, 5.74) is 0. The van der Waals surface area contributed by atoms with Gasteiger partial charge in [-0.1, -0.05) is 40.5 Å². The van der Waals surface area contributed by atoms with E-state index in [2.05, 4.69) is 32.6 Å². The zero-order valence-corrected chi connectivity index (χ0v) is 14.3. The number of hydrogen-bond donors (Lipinski definition) is 1. The van der Waals surface area contributed by atoms with Gasteiger partial charge in [0, 0.05) is 19.1 Å². The molecule has 1 N–H and O–H groups in total. The van der Waals surface area contributed by atoms with Crippen LogP contribution < -0.4 is 0 Å². The number of nitrogens with zero attached hydrogens (tertiary/aromatic N) is 2. The molecule has 1 saturated heterocycles. The molecule has 0 aliphatic carbocycles. The first kappa shape index (κ1) is 18.4. The van der Waals surface area contributed by atoms with Crippen molar-refractivity contribution in [3.05, 3.63) is 0 Å². The van der Waals surface area contributed by atoms with Crippen molar-refractivity contribution in [3.63, 3.8) is 0 Å². The van der Waals surface area contributed by atoms with Crippen LogP contribution in [0.1, 0.15) is 53.4 Å². The molecule has 1 rings (SSSR count). The van der Waals surface area contributed by atoms with Crippen LogP contribution in [-0.2, 0) is 4.79 Å². The second-order valence-electron chi connectivity index (χ2n) is 7.24. The molecule has 0 aromatic heterocycles. The molecular weight excluding hydrogens is 264 g/mol. The van der Waals surface area contributed by atoms with Crippen LogP contribution in [0.4, 0.5) is 0 Å². The van der Waals surface area contributed by atoms with Gasteiger partial charge >= 0.3 is 0 Å². The van der Waals surface area contributed by atoms with Gasteiger partial charge in [-0.05, 0) is 31.2 Å². The van der Waals surface area contributed by atoms with Crippen LogP contribution in [0.2, 0.25) is 0 Å². The highest BCUT2D eigenvalue weighted by Crippen LogP contribution is 2.17. The fourth-order valence-corrected chi connectivity index (χ4v) is 3.09. The van der Waals surface area contributed by atoms with Gasteiger partial charge in [0.2, 0.25) is 5.91 Å². The van der Waals surface area contributed by atoms with Gasteiger partial charge in [0.1, 0.15) is 0 Å². The SMILES string of the molecule is CC(C)CN(CC(C)C)C(=O)CN1CCCCCC1CO. The van der Waals surface area contributed by atoms with Crippen molar-refractivity contribution in [1.29, 1.82) is 0 Å². The lowest BCUT2D eigenvalue weighted by atomic mass is 10.1. The second kappa shape index (κ2) is 9.42. The fourth-order valence-electron chi connectivity index (χ4n) is 3.09. The molecule has 0 bridgehead atoms. The van der Waals surface area contributed by atoms with Crippen LogP contribution in [0, 0.1) is 11.8 Å². The Balaban J connectivity index is 2.64. The van der Waals surface area contributed by atoms with Gasteiger partial charge in [0.25, 0.3) is 0 Å². The Morgan fingerprint density at radius 1 is 1.14 bits per heavy atom. The zero-order chi connectivity index (χ0) is 15.8. The smallest absolute Gasteiger partial charge is 0.236 e. The summed E-state index contributed by atoms with van der Waals surface area (Å²) < 4.78 is 0. The first-order valence-electron chi connectivity index (χ1n) is 8.56. The summed E-state index contributed by atoms with van der Waals surface area (Å²) in [6.07, 6.45) is 4.52.